The summed E-state index contributed by atoms with van der Waals surface area (Å²) >= 11 is 0. The summed E-state index contributed by atoms with van der Waals surface area (Å²) in [6.07, 6.45) is 7.16. The van der Waals surface area contributed by atoms with Gasteiger partial charge in [-0.1, -0.05) is 72.6 Å². The third-order valence-corrected chi connectivity index (χ3v) is 5.79. The van der Waals surface area contributed by atoms with Crippen LogP contribution in [-0.4, -0.2) is 45.2 Å². The third kappa shape index (κ3) is 5.41. The van der Waals surface area contributed by atoms with E-state index in [2.05, 4.69) is 20.8 Å². The maximum Gasteiger partial charge on any atom is 0.378 e. The van der Waals surface area contributed by atoms with Gasteiger partial charge >= 0.3 is 5.97 Å². The van der Waals surface area contributed by atoms with E-state index in [1.807, 2.05) is 6.92 Å². The molecule has 0 unspecified atom stereocenters. The summed E-state index contributed by atoms with van der Waals surface area (Å²) in [7, 11) is 0. The fourth-order valence-electron chi connectivity index (χ4n) is 3.98. The van der Waals surface area contributed by atoms with E-state index in [9.17, 15) is 20.1 Å². The molecule has 0 saturated carbocycles. The SMILES string of the molecule is CCCCOC(CCCC)(CCCC)[C@@](O)(CCCC)[C@H]1OC(=O)C(O)=C1O. The zero-order valence-electron chi connectivity index (χ0n) is 18.1. The molecule has 1 heterocycles. The molecular weight excluding hydrogens is 360 g/mol. The van der Waals surface area contributed by atoms with Crippen LogP contribution < -0.4 is 0 Å². The van der Waals surface area contributed by atoms with Crippen LogP contribution >= 0.6 is 0 Å². The molecule has 0 aromatic carbocycles. The van der Waals surface area contributed by atoms with Gasteiger partial charge in [0, 0.05) is 6.61 Å². The second kappa shape index (κ2) is 11.7. The van der Waals surface area contributed by atoms with Crippen molar-refractivity contribution in [1.29, 1.82) is 0 Å². The molecule has 0 aliphatic carbocycles. The lowest BCUT2D eigenvalue weighted by Crippen LogP contribution is -2.63. The van der Waals surface area contributed by atoms with E-state index in [1.54, 1.807) is 0 Å². The number of cyclic esters (lactones) is 1. The summed E-state index contributed by atoms with van der Waals surface area (Å²) in [5, 5.41) is 32.3. The maximum atomic E-state index is 12.0. The molecule has 3 N–H and O–H groups in total. The van der Waals surface area contributed by atoms with Crippen LogP contribution in [-0.2, 0) is 14.3 Å². The number of carbonyl (C=O) groups excluding carboxylic acids is 1. The molecule has 0 saturated heterocycles. The highest BCUT2D eigenvalue weighted by atomic mass is 16.6. The fourth-order valence-corrected chi connectivity index (χ4v) is 3.98. The Morgan fingerprint density at radius 1 is 0.893 bits per heavy atom. The van der Waals surface area contributed by atoms with Gasteiger partial charge < -0.3 is 24.8 Å². The van der Waals surface area contributed by atoms with Gasteiger partial charge in [-0.25, -0.2) is 4.79 Å². The first-order chi connectivity index (χ1) is 13.3. The summed E-state index contributed by atoms with van der Waals surface area (Å²) in [4.78, 5) is 11.9. The summed E-state index contributed by atoms with van der Waals surface area (Å²) in [5.41, 5.74) is -2.56. The number of hydrogen-bond donors (Lipinski definition) is 3. The molecule has 28 heavy (non-hydrogen) atoms. The number of hydrogen-bond acceptors (Lipinski definition) is 6. The second-order valence-corrected chi connectivity index (χ2v) is 7.95. The predicted molar refractivity (Wildman–Crippen MR) is 109 cm³/mol. The number of aliphatic hydroxyl groups is 3. The lowest BCUT2D eigenvalue weighted by Gasteiger charge is -2.49. The quantitative estimate of drug-likeness (QED) is 0.261. The van der Waals surface area contributed by atoms with Crippen LogP contribution in [0.2, 0.25) is 0 Å². The Kier molecular flexibility index (Phi) is 10.3. The van der Waals surface area contributed by atoms with Crippen molar-refractivity contribution < 1.29 is 29.6 Å². The summed E-state index contributed by atoms with van der Waals surface area (Å²) in [5.74, 6) is -2.39. The van der Waals surface area contributed by atoms with Crippen molar-refractivity contribution in [3.63, 3.8) is 0 Å². The number of aliphatic hydroxyl groups excluding tert-OH is 2. The monoisotopic (exact) mass is 400 g/mol. The van der Waals surface area contributed by atoms with E-state index in [0.717, 1.165) is 44.9 Å². The molecule has 2 atom stereocenters. The summed E-state index contributed by atoms with van der Waals surface area (Å²) < 4.78 is 11.7. The van der Waals surface area contributed by atoms with Crippen LogP contribution in [0.15, 0.2) is 11.5 Å². The van der Waals surface area contributed by atoms with Crippen molar-refractivity contribution in [1.82, 2.24) is 0 Å². The Labute approximate surface area is 169 Å². The van der Waals surface area contributed by atoms with Crippen molar-refractivity contribution >= 4 is 5.97 Å². The highest BCUT2D eigenvalue weighted by Gasteiger charge is 2.60. The topological polar surface area (TPSA) is 96.2 Å². The lowest BCUT2D eigenvalue weighted by molar-refractivity contribution is -0.236. The van der Waals surface area contributed by atoms with Crippen molar-refractivity contribution in [3.05, 3.63) is 11.5 Å². The molecule has 1 rings (SSSR count). The van der Waals surface area contributed by atoms with E-state index in [0.29, 0.717) is 32.3 Å². The smallest absolute Gasteiger partial charge is 0.378 e. The number of carbonyl (C=O) groups is 1. The van der Waals surface area contributed by atoms with Crippen LogP contribution in [0.25, 0.3) is 0 Å². The van der Waals surface area contributed by atoms with Crippen molar-refractivity contribution in [2.24, 2.45) is 0 Å². The molecule has 0 spiro atoms. The van der Waals surface area contributed by atoms with E-state index in [1.165, 1.54) is 0 Å². The van der Waals surface area contributed by atoms with Gasteiger partial charge in [-0.05, 0) is 25.7 Å². The Morgan fingerprint density at radius 3 is 1.82 bits per heavy atom. The van der Waals surface area contributed by atoms with Gasteiger partial charge in [0.05, 0.1) is 0 Å². The highest BCUT2D eigenvalue weighted by Crippen LogP contribution is 2.46. The Balaban J connectivity index is 3.43. The largest absolute Gasteiger partial charge is 0.505 e. The van der Waals surface area contributed by atoms with E-state index < -0.39 is 34.8 Å². The molecule has 1 aliphatic heterocycles. The maximum absolute atomic E-state index is 12.0. The number of ether oxygens (including phenoxy) is 2. The Bertz CT molecular complexity index is 507. The first kappa shape index (κ1) is 24.8. The van der Waals surface area contributed by atoms with Gasteiger partial charge in [0.15, 0.2) is 11.9 Å². The minimum atomic E-state index is -1.61. The number of esters is 1. The second-order valence-electron chi connectivity index (χ2n) is 7.95. The van der Waals surface area contributed by atoms with Crippen LogP contribution in [0.1, 0.15) is 98.3 Å². The molecule has 0 aromatic rings. The first-order valence-corrected chi connectivity index (χ1v) is 11.0. The third-order valence-electron chi connectivity index (χ3n) is 5.79. The van der Waals surface area contributed by atoms with Gasteiger partial charge in [-0.3, -0.25) is 0 Å². The van der Waals surface area contributed by atoms with E-state index in [4.69, 9.17) is 9.47 Å². The van der Waals surface area contributed by atoms with Crippen LogP contribution in [0.5, 0.6) is 0 Å². The average molecular weight is 401 g/mol. The molecule has 164 valence electrons. The molecule has 6 nitrogen and oxygen atoms in total. The van der Waals surface area contributed by atoms with E-state index in [-0.39, 0.29) is 0 Å². The number of rotatable bonds is 15. The average Bonchev–Trinajstić information content (AvgIpc) is 2.95. The summed E-state index contributed by atoms with van der Waals surface area (Å²) in [6.45, 7) is 8.76. The van der Waals surface area contributed by atoms with Crippen LogP contribution in [0.3, 0.4) is 0 Å². The first-order valence-electron chi connectivity index (χ1n) is 11.0. The Hall–Kier alpha value is -1.27. The van der Waals surface area contributed by atoms with Crippen molar-refractivity contribution in [2.45, 2.75) is 116 Å². The molecule has 0 bridgehead atoms. The molecule has 0 amide bonds. The van der Waals surface area contributed by atoms with Crippen LogP contribution in [0.4, 0.5) is 0 Å². The Morgan fingerprint density at radius 2 is 1.39 bits per heavy atom. The van der Waals surface area contributed by atoms with Gasteiger partial charge in [0.25, 0.3) is 0 Å². The highest BCUT2D eigenvalue weighted by molar-refractivity contribution is 5.89. The molecule has 6 heteroatoms. The minimum Gasteiger partial charge on any atom is -0.505 e. The normalized spacial score (nSPS) is 19.8. The molecule has 0 fully saturated rings. The minimum absolute atomic E-state index is 0.318. The molecule has 1 aliphatic rings. The zero-order chi connectivity index (χ0) is 21.2. The predicted octanol–water partition coefficient (Wildman–Crippen LogP) is 5.10. The molecule has 0 aromatic heterocycles. The lowest BCUT2D eigenvalue weighted by atomic mass is 9.69. The van der Waals surface area contributed by atoms with Gasteiger partial charge in [0.2, 0.25) is 5.76 Å². The fraction of sp³-hybridized carbons (Fsp3) is 0.864. The van der Waals surface area contributed by atoms with Gasteiger partial charge in [-0.2, -0.15) is 0 Å². The van der Waals surface area contributed by atoms with Gasteiger partial charge in [-0.15, -0.1) is 0 Å². The van der Waals surface area contributed by atoms with Crippen molar-refractivity contribution in [2.75, 3.05) is 6.61 Å². The van der Waals surface area contributed by atoms with Crippen LogP contribution in [0, 0.1) is 0 Å². The molecular formula is C22H40O6. The number of unbranched alkanes of at least 4 members (excludes halogenated alkanes) is 4. The molecule has 0 radical (unpaired) electrons. The standard InChI is InChI=1S/C22H40O6/c1-5-9-13-21(14-10-6-2,27-16-12-8-4)22(26,15-11-7-3)19-17(23)18(24)20(25)28-19/h19,23-24,26H,5-16H2,1-4H3/t19-,22+/m0/s1. The van der Waals surface area contributed by atoms with Crippen molar-refractivity contribution in [3.8, 4) is 0 Å². The van der Waals surface area contributed by atoms with Gasteiger partial charge in [0.1, 0.15) is 11.2 Å². The van der Waals surface area contributed by atoms with E-state index >= 15 is 0 Å². The summed E-state index contributed by atoms with van der Waals surface area (Å²) in [6, 6.07) is 0. The zero-order valence-corrected chi connectivity index (χ0v) is 18.1.